The van der Waals surface area contributed by atoms with Crippen molar-refractivity contribution >= 4 is 22.5 Å². The number of benzene rings is 2. The van der Waals surface area contributed by atoms with Gasteiger partial charge in [0.15, 0.2) is 0 Å². The Morgan fingerprint density at radius 1 is 1.12 bits per heavy atom. The average Bonchev–Trinajstić information content (AvgIpc) is 2.88. The first kappa shape index (κ1) is 17.0. The third-order valence-corrected chi connectivity index (χ3v) is 4.45. The Bertz CT molecular complexity index is 839. The molecule has 0 radical (unpaired) electrons. The minimum Gasteiger partial charge on any atom is -0.343 e. The van der Waals surface area contributed by atoms with Crippen molar-refractivity contribution in [3.63, 3.8) is 0 Å². The third kappa shape index (κ3) is 3.80. The third-order valence-electron chi connectivity index (χ3n) is 4.09. The maximum absolute atomic E-state index is 13.2. The molecule has 4 heteroatoms. The van der Waals surface area contributed by atoms with E-state index < -0.39 is 0 Å². The zero-order valence-electron chi connectivity index (χ0n) is 14.0. The molecule has 0 saturated carbocycles. The summed E-state index contributed by atoms with van der Waals surface area (Å²) in [6, 6.07) is 12.9. The van der Waals surface area contributed by atoms with Gasteiger partial charge in [0.05, 0.1) is 0 Å². The van der Waals surface area contributed by atoms with E-state index in [-0.39, 0.29) is 5.82 Å². The molecule has 0 unspecified atom stereocenters. The van der Waals surface area contributed by atoms with Crippen molar-refractivity contribution < 1.29 is 4.39 Å². The van der Waals surface area contributed by atoms with Crippen LogP contribution in [0.5, 0.6) is 0 Å². The van der Waals surface area contributed by atoms with Gasteiger partial charge < -0.3 is 9.88 Å². The van der Waals surface area contributed by atoms with Gasteiger partial charge in [0, 0.05) is 35.2 Å². The molecule has 0 aliphatic carbocycles. The first-order chi connectivity index (χ1) is 11.5. The highest BCUT2D eigenvalue weighted by Crippen LogP contribution is 2.25. The maximum Gasteiger partial charge on any atom is 0.124 e. The van der Waals surface area contributed by atoms with E-state index in [0.29, 0.717) is 17.5 Å². The molecule has 2 aromatic carbocycles. The second-order valence-corrected chi connectivity index (χ2v) is 6.97. The fourth-order valence-corrected chi connectivity index (χ4v) is 3.15. The van der Waals surface area contributed by atoms with E-state index >= 15 is 0 Å². The van der Waals surface area contributed by atoms with Gasteiger partial charge in [-0.25, -0.2) is 4.39 Å². The zero-order valence-corrected chi connectivity index (χ0v) is 14.8. The predicted molar refractivity (Wildman–Crippen MR) is 99.0 cm³/mol. The van der Waals surface area contributed by atoms with Gasteiger partial charge in [-0.1, -0.05) is 49.7 Å². The van der Waals surface area contributed by atoms with E-state index in [4.69, 9.17) is 11.6 Å². The van der Waals surface area contributed by atoms with Gasteiger partial charge in [0.2, 0.25) is 0 Å². The summed E-state index contributed by atoms with van der Waals surface area (Å²) in [6.45, 7) is 6.86. The average molecular weight is 345 g/mol. The van der Waals surface area contributed by atoms with Crippen LogP contribution >= 0.6 is 11.6 Å². The second-order valence-electron chi connectivity index (χ2n) is 6.56. The van der Waals surface area contributed by atoms with Crippen LogP contribution in [0.1, 0.15) is 25.0 Å². The topological polar surface area (TPSA) is 17.0 Å². The summed E-state index contributed by atoms with van der Waals surface area (Å²) in [4.78, 5) is 0. The number of hydrogen-bond donors (Lipinski definition) is 1. The summed E-state index contributed by atoms with van der Waals surface area (Å²) >= 11 is 6.19. The van der Waals surface area contributed by atoms with Crippen LogP contribution in [0, 0.1) is 11.7 Å². The molecular weight excluding hydrogens is 323 g/mol. The first-order valence-corrected chi connectivity index (χ1v) is 8.64. The van der Waals surface area contributed by atoms with Crippen molar-refractivity contribution in [1.29, 1.82) is 0 Å². The molecule has 1 aromatic heterocycles. The Kier molecular flexibility index (Phi) is 5.22. The van der Waals surface area contributed by atoms with Crippen molar-refractivity contribution in [1.82, 2.24) is 9.88 Å². The van der Waals surface area contributed by atoms with Crippen LogP contribution in [0.4, 0.5) is 4.39 Å². The molecule has 0 aliphatic heterocycles. The van der Waals surface area contributed by atoms with Crippen molar-refractivity contribution in [3.05, 3.63) is 70.6 Å². The van der Waals surface area contributed by atoms with Gasteiger partial charge >= 0.3 is 0 Å². The summed E-state index contributed by atoms with van der Waals surface area (Å²) in [5.41, 5.74) is 3.35. The Hall–Kier alpha value is -1.84. The number of halogens is 2. The standard InChI is InChI=1S/C20H22ClFN2/c1-14(2)10-23-11-16-13-24(20-6-4-3-5-18(16)20)12-15-7-8-17(22)9-19(15)21/h3-9,13-14,23H,10-12H2,1-2H3. The summed E-state index contributed by atoms with van der Waals surface area (Å²) in [5.74, 6) is 0.316. The van der Waals surface area contributed by atoms with Gasteiger partial charge in [0.25, 0.3) is 0 Å². The van der Waals surface area contributed by atoms with Gasteiger partial charge in [0.1, 0.15) is 5.82 Å². The van der Waals surface area contributed by atoms with Crippen LogP contribution in [0.3, 0.4) is 0 Å². The molecule has 2 nitrogen and oxygen atoms in total. The fraction of sp³-hybridized carbons (Fsp3) is 0.300. The van der Waals surface area contributed by atoms with Crippen LogP contribution in [0.15, 0.2) is 48.7 Å². The van der Waals surface area contributed by atoms with Gasteiger partial charge in [-0.2, -0.15) is 0 Å². The van der Waals surface area contributed by atoms with E-state index in [2.05, 4.69) is 48.1 Å². The van der Waals surface area contributed by atoms with Crippen molar-refractivity contribution in [2.75, 3.05) is 6.54 Å². The van der Waals surface area contributed by atoms with Crippen LogP contribution < -0.4 is 5.32 Å². The number of rotatable bonds is 6. The zero-order chi connectivity index (χ0) is 17.1. The number of fused-ring (bicyclic) bond motifs is 1. The Labute approximate surface area is 147 Å². The lowest BCUT2D eigenvalue weighted by atomic mass is 10.1. The molecule has 0 fully saturated rings. The number of nitrogens with zero attached hydrogens (tertiary/aromatic N) is 1. The molecule has 3 aromatic rings. The highest BCUT2D eigenvalue weighted by Gasteiger charge is 2.10. The van der Waals surface area contributed by atoms with Gasteiger partial charge in [-0.3, -0.25) is 0 Å². The number of aromatic nitrogens is 1. The summed E-state index contributed by atoms with van der Waals surface area (Å²) in [6.07, 6.45) is 2.16. The highest BCUT2D eigenvalue weighted by atomic mass is 35.5. The minimum atomic E-state index is -0.306. The molecule has 3 rings (SSSR count). The van der Waals surface area contributed by atoms with E-state index in [1.807, 2.05) is 6.07 Å². The van der Waals surface area contributed by atoms with Gasteiger partial charge in [-0.05, 0) is 41.8 Å². The molecule has 1 N–H and O–H groups in total. The Morgan fingerprint density at radius 3 is 2.67 bits per heavy atom. The number of para-hydroxylation sites is 1. The normalized spacial score (nSPS) is 11.5. The molecular formula is C20H22ClFN2. The molecule has 0 bridgehead atoms. The number of nitrogens with one attached hydrogen (secondary N) is 1. The predicted octanol–water partition coefficient (Wildman–Crippen LogP) is 5.23. The molecule has 0 saturated heterocycles. The number of hydrogen-bond acceptors (Lipinski definition) is 1. The summed E-state index contributed by atoms with van der Waals surface area (Å²) in [5, 5.41) is 5.21. The highest BCUT2D eigenvalue weighted by molar-refractivity contribution is 6.31. The van der Waals surface area contributed by atoms with Crippen LogP contribution in [-0.2, 0) is 13.1 Å². The van der Waals surface area contributed by atoms with Crippen molar-refractivity contribution in [2.24, 2.45) is 5.92 Å². The maximum atomic E-state index is 13.2. The molecule has 126 valence electrons. The lowest BCUT2D eigenvalue weighted by molar-refractivity contribution is 0.553. The fourth-order valence-electron chi connectivity index (χ4n) is 2.92. The lowest BCUT2D eigenvalue weighted by Crippen LogP contribution is -2.18. The first-order valence-electron chi connectivity index (χ1n) is 8.26. The van der Waals surface area contributed by atoms with Gasteiger partial charge in [-0.15, -0.1) is 0 Å². The molecule has 1 heterocycles. The monoisotopic (exact) mass is 344 g/mol. The summed E-state index contributed by atoms with van der Waals surface area (Å²) in [7, 11) is 0. The SMILES string of the molecule is CC(C)CNCc1cn(Cc2ccc(F)cc2Cl)c2ccccc12. The molecule has 24 heavy (non-hydrogen) atoms. The lowest BCUT2D eigenvalue weighted by Gasteiger charge is -2.08. The minimum absolute atomic E-state index is 0.306. The Morgan fingerprint density at radius 2 is 1.92 bits per heavy atom. The second kappa shape index (κ2) is 7.37. The van der Waals surface area contributed by atoms with Crippen molar-refractivity contribution in [3.8, 4) is 0 Å². The molecule has 0 atom stereocenters. The van der Waals surface area contributed by atoms with E-state index in [0.717, 1.165) is 18.7 Å². The van der Waals surface area contributed by atoms with Crippen molar-refractivity contribution in [2.45, 2.75) is 26.9 Å². The summed E-state index contributed by atoms with van der Waals surface area (Å²) < 4.78 is 15.4. The largest absolute Gasteiger partial charge is 0.343 e. The molecule has 0 aliphatic rings. The van der Waals surface area contributed by atoms with Crippen LogP contribution in [-0.4, -0.2) is 11.1 Å². The Balaban J connectivity index is 1.90. The molecule has 0 amide bonds. The quantitative estimate of drug-likeness (QED) is 0.648. The van der Waals surface area contributed by atoms with E-state index in [1.54, 1.807) is 6.07 Å². The van der Waals surface area contributed by atoms with Crippen LogP contribution in [0.2, 0.25) is 5.02 Å². The van der Waals surface area contributed by atoms with E-state index in [9.17, 15) is 4.39 Å². The molecule has 0 spiro atoms. The smallest absolute Gasteiger partial charge is 0.124 e. The van der Waals surface area contributed by atoms with E-state index in [1.165, 1.54) is 28.6 Å². The van der Waals surface area contributed by atoms with Crippen LogP contribution in [0.25, 0.3) is 10.9 Å².